The van der Waals surface area contributed by atoms with Crippen LogP contribution in [0.2, 0.25) is 0 Å². The monoisotopic (exact) mass is 907 g/mol. The molecule has 3 aromatic heterocycles. The van der Waals surface area contributed by atoms with E-state index in [-0.39, 0.29) is 43.7 Å². The summed E-state index contributed by atoms with van der Waals surface area (Å²) in [5.41, 5.74) is -0.552. The number of unbranched alkanes of at least 4 members (excludes halogenated alkanes) is 1. The first kappa shape index (κ1) is 49.9. The first-order chi connectivity index (χ1) is 30.8. The largest absolute Gasteiger partial charge is 0.461 e. The molecule has 3 aromatic rings. The van der Waals surface area contributed by atoms with E-state index < -0.39 is 89.7 Å². The van der Waals surface area contributed by atoms with Crippen molar-refractivity contribution in [2.24, 2.45) is 23.7 Å². The number of imidazole rings is 1. The Morgan fingerprint density at radius 2 is 1.72 bits per heavy atom. The first-order valence-electron chi connectivity index (χ1n) is 23.1. The van der Waals surface area contributed by atoms with Crippen molar-refractivity contribution in [1.29, 1.82) is 0 Å². The van der Waals surface area contributed by atoms with Crippen LogP contribution in [0.15, 0.2) is 49.2 Å². The zero-order valence-electron chi connectivity index (χ0n) is 39.9. The van der Waals surface area contributed by atoms with Crippen molar-refractivity contribution in [1.82, 2.24) is 29.3 Å². The van der Waals surface area contributed by atoms with Crippen LogP contribution in [0.25, 0.3) is 11.2 Å². The summed E-state index contributed by atoms with van der Waals surface area (Å²) in [7, 11) is 5.28. The van der Waals surface area contributed by atoms with Gasteiger partial charge in [-0.15, -0.1) is 0 Å². The van der Waals surface area contributed by atoms with E-state index >= 15 is 0 Å². The molecule has 17 nitrogen and oxygen atoms in total. The summed E-state index contributed by atoms with van der Waals surface area (Å²) >= 11 is 0. The molecule has 0 spiro atoms. The third-order valence-electron chi connectivity index (χ3n) is 14.1. The number of carbonyl (C=O) groups is 4. The zero-order valence-corrected chi connectivity index (χ0v) is 39.9. The average Bonchev–Trinajstić information content (AvgIpc) is 3.81. The Balaban J connectivity index is 1.37. The van der Waals surface area contributed by atoms with Gasteiger partial charge in [-0.3, -0.25) is 19.4 Å². The number of ketones is 1. The highest BCUT2D eigenvalue weighted by Gasteiger charge is 2.60. The fraction of sp³-hybridized carbons (Fsp3) is 0.688. The van der Waals surface area contributed by atoms with Crippen molar-refractivity contribution in [3.63, 3.8) is 0 Å². The van der Waals surface area contributed by atoms with Crippen molar-refractivity contribution in [3.8, 4) is 0 Å². The fourth-order valence-corrected chi connectivity index (χ4v) is 10.6. The van der Waals surface area contributed by atoms with Crippen molar-refractivity contribution in [2.45, 2.75) is 161 Å². The highest BCUT2D eigenvalue weighted by molar-refractivity contribution is 5.85. The molecule has 0 radical (unpaired) electrons. The minimum atomic E-state index is -1.44. The molecule has 6 rings (SSSR count). The standard InChI is InChI=1S/C48H70N6O11/c1-12-36-48(8)41(54(46(59)65-48)22-14-13-21-53-27-51-43-34(53)18-16-20-50-43)30(4)38(56)28(2)25-47(7,60-11)42(64-45-39(57)35(52(9)10)23-29(3)61-45)31(5)40(32(6)44(58)62-36)63-37(55)24-33-17-15-19-49-26-33/h15-20,26-32,35-36,39-42,45,57H,12-14,21-25H2,1-11H3/t28-,29-,30+,31+,32-,35+,36-,39-,40+,41-,42-,45+,47+,48-/m1/s1. The van der Waals surface area contributed by atoms with E-state index in [9.17, 15) is 24.3 Å². The molecular weight excluding hydrogens is 837 g/mol. The summed E-state index contributed by atoms with van der Waals surface area (Å²) in [6, 6.07) is 6.18. The second-order valence-electron chi connectivity index (χ2n) is 19.1. The second kappa shape index (κ2) is 21.0. The van der Waals surface area contributed by atoms with E-state index in [1.807, 2.05) is 63.4 Å². The number of hydrogen-bond acceptors (Lipinski definition) is 15. The van der Waals surface area contributed by atoms with Crippen LogP contribution in [0.4, 0.5) is 4.79 Å². The number of amides is 1. The van der Waals surface area contributed by atoms with Gasteiger partial charge in [-0.1, -0.05) is 33.8 Å². The number of ether oxygens (including phenoxy) is 6. The molecule has 6 heterocycles. The Morgan fingerprint density at radius 3 is 2.40 bits per heavy atom. The predicted octanol–water partition coefficient (Wildman–Crippen LogP) is 5.40. The number of aliphatic hydroxyl groups is 1. The highest BCUT2D eigenvalue weighted by atomic mass is 16.7. The molecule has 1 N–H and O–H groups in total. The average molecular weight is 907 g/mol. The number of rotatable bonds is 13. The topological polar surface area (TPSA) is 194 Å². The molecule has 17 heteroatoms. The van der Waals surface area contributed by atoms with Gasteiger partial charge in [0.1, 0.15) is 24.1 Å². The summed E-state index contributed by atoms with van der Waals surface area (Å²) in [4.78, 5) is 74.1. The number of likely N-dealkylation sites (N-methyl/N-ethyl adjacent to an activating group) is 1. The van der Waals surface area contributed by atoms with Gasteiger partial charge < -0.3 is 47.9 Å². The number of hydrogen-bond donors (Lipinski definition) is 1. The molecule has 3 saturated heterocycles. The van der Waals surface area contributed by atoms with Crippen LogP contribution in [-0.4, -0.2) is 146 Å². The Hall–Kier alpha value is -4.55. The lowest BCUT2D eigenvalue weighted by Gasteiger charge is -2.48. The molecule has 3 fully saturated rings. The molecule has 3 aliphatic heterocycles. The maximum atomic E-state index is 15.0. The van der Waals surface area contributed by atoms with Gasteiger partial charge in [0.05, 0.1) is 48.0 Å². The molecule has 14 atom stereocenters. The third kappa shape index (κ3) is 10.7. The van der Waals surface area contributed by atoms with Crippen LogP contribution in [0.5, 0.6) is 0 Å². The van der Waals surface area contributed by atoms with E-state index in [0.717, 1.165) is 5.52 Å². The number of pyridine rings is 2. The molecule has 0 aliphatic carbocycles. The van der Waals surface area contributed by atoms with Crippen LogP contribution in [0, 0.1) is 23.7 Å². The summed E-state index contributed by atoms with van der Waals surface area (Å²) in [6.07, 6.45) is 2.41. The van der Waals surface area contributed by atoms with E-state index in [4.69, 9.17) is 28.4 Å². The van der Waals surface area contributed by atoms with Gasteiger partial charge in [0.15, 0.2) is 17.5 Å². The number of aryl methyl sites for hydroxylation is 1. The van der Waals surface area contributed by atoms with E-state index in [0.29, 0.717) is 37.0 Å². The van der Waals surface area contributed by atoms with Gasteiger partial charge >= 0.3 is 18.0 Å². The molecule has 0 unspecified atom stereocenters. The van der Waals surface area contributed by atoms with Crippen LogP contribution in [0.1, 0.15) is 93.1 Å². The highest BCUT2D eigenvalue weighted by Crippen LogP contribution is 2.44. The smallest absolute Gasteiger partial charge is 0.410 e. The van der Waals surface area contributed by atoms with Crippen LogP contribution >= 0.6 is 0 Å². The Morgan fingerprint density at radius 1 is 1.00 bits per heavy atom. The molecule has 0 bridgehead atoms. The van der Waals surface area contributed by atoms with Crippen molar-refractivity contribution >= 4 is 35.0 Å². The number of fused-ring (bicyclic) bond motifs is 2. The predicted molar refractivity (Wildman–Crippen MR) is 239 cm³/mol. The number of cyclic esters (lactones) is 1. The maximum absolute atomic E-state index is 15.0. The van der Waals surface area contributed by atoms with E-state index in [2.05, 4.69) is 15.0 Å². The third-order valence-corrected chi connectivity index (χ3v) is 14.1. The molecule has 0 aromatic carbocycles. The van der Waals surface area contributed by atoms with Gasteiger partial charge in [0.2, 0.25) is 0 Å². The van der Waals surface area contributed by atoms with Gasteiger partial charge in [-0.05, 0) is 97.7 Å². The Labute approximate surface area is 382 Å². The minimum Gasteiger partial charge on any atom is -0.461 e. The number of aliphatic hydroxyl groups excluding tert-OH is 1. The summed E-state index contributed by atoms with van der Waals surface area (Å²) in [5, 5.41) is 11.7. The summed E-state index contributed by atoms with van der Waals surface area (Å²) in [6.45, 7) is 15.3. The molecule has 0 saturated carbocycles. The zero-order chi connectivity index (χ0) is 47.4. The molecule has 358 valence electrons. The van der Waals surface area contributed by atoms with Gasteiger partial charge in [0.25, 0.3) is 0 Å². The molecular formula is C48H70N6O11. The number of esters is 2. The number of nitrogens with zero attached hydrogens (tertiary/aromatic N) is 6. The normalized spacial score (nSPS) is 35.1. The van der Waals surface area contributed by atoms with Gasteiger partial charge in [-0.2, -0.15) is 0 Å². The molecule has 3 aliphatic rings. The van der Waals surface area contributed by atoms with Crippen molar-refractivity contribution < 1.29 is 52.7 Å². The maximum Gasteiger partial charge on any atom is 0.410 e. The Kier molecular flexibility index (Phi) is 16.1. The quantitative estimate of drug-likeness (QED) is 0.130. The van der Waals surface area contributed by atoms with Crippen molar-refractivity contribution in [3.05, 3.63) is 54.7 Å². The summed E-state index contributed by atoms with van der Waals surface area (Å²) in [5.74, 6) is -4.80. The molecule has 1 amide bonds. The van der Waals surface area contributed by atoms with E-state index in [1.165, 1.54) is 7.11 Å². The van der Waals surface area contributed by atoms with E-state index in [1.54, 1.807) is 69.6 Å². The minimum absolute atomic E-state index is 0.121. The van der Waals surface area contributed by atoms with Crippen LogP contribution in [-0.2, 0) is 55.8 Å². The summed E-state index contributed by atoms with van der Waals surface area (Å²) < 4.78 is 40.6. The fourth-order valence-electron chi connectivity index (χ4n) is 10.6. The Bertz CT molecular complexity index is 2100. The van der Waals surface area contributed by atoms with Gasteiger partial charge in [0, 0.05) is 62.6 Å². The lowest BCUT2D eigenvalue weighted by atomic mass is 9.73. The van der Waals surface area contributed by atoms with Crippen molar-refractivity contribution in [2.75, 3.05) is 27.7 Å². The first-order valence-corrected chi connectivity index (χ1v) is 23.1. The lowest BCUT2D eigenvalue weighted by molar-refractivity contribution is -0.301. The number of Topliss-reactive ketones (excluding diaryl/α,β-unsaturated/α-hetero) is 1. The molecule has 65 heavy (non-hydrogen) atoms. The number of methoxy groups -OCH3 is 1. The van der Waals surface area contributed by atoms with Gasteiger partial charge in [-0.25, -0.2) is 14.8 Å². The lowest BCUT2D eigenvalue weighted by Crippen LogP contribution is -2.61. The SMILES string of the molecule is CC[C@H]1OC(=O)[C@H](C)[C@@H](OC(=O)Cc2cccnc2)[C@H](C)[C@@H](O[C@@H]2O[C@H](C)C[C@H](N(C)C)[C@H]2O)[C@@](C)(OC)C[C@@H](C)C(=O)[C@H](C)[C@H]2N(CCCCn3cnc4ncccc43)C(=O)O[C@]12C. The second-order valence-corrected chi connectivity index (χ2v) is 19.1. The number of aromatic nitrogens is 4. The van der Waals surface area contributed by atoms with Crippen LogP contribution < -0.4 is 0 Å². The number of carbonyl (C=O) groups excluding carboxylic acids is 4. The van der Waals surface area contributed by atoms with Crippen LogP contribution in [0.3, 0.4) is 0 Å².